The fraction of sp³-hybridized carbons (Fsp3) is 0.533. The Labute approximate surface area is 108 Å². The van der Waals surface area contributed by atoms with Crippen molar-refractivity contribution in [1.29, 1.82) is 0 Å². The van der Waals surface area contributed by atoms with Crippen LogP contribution >= 0.6 is 0 Å². The maximum atomic E-state index is 11.6. The molecule has 2 aliphatic heterocycles. The molecule has 1 aromatic rings. The number of piperidine rings is 1. The van der Waals surface area contributed by atoms with Crippen molar-refractivity contribution in [3.63, 3.8) is 0 Å². The molecule has 18 heavy (non-hydrogen) atoms. The molecule has 2 saturated heterocycles. The quantitative estimate of drug-likeness (QED) is 0.798. The number of hydrogen-bond acceptors (Lipinski definition) is 3. The highest BCUT2D eigenvalue weighted by Crippen LogP contribution is 2.38. The number of ketones is 1. The summed E-state index contributed by atoms with van der Waals surface area (Å²) in [5.74, 6) is 0.447. The van der Waals surface area contributed by atoms with Gasteiger partial charge < -0.3 is 9.80 Å². The minimum Gasteiger partial charge on any atom is -0.378 e. The lowest BCUT2D eigenvalue weighted by Gasteiger charge is -2.36. The predicted molar refractivity (Wildman–Crippen MR) is 74.3 cm³/mol. The number of Topliss-reactive ketones (excluding diaryl/α,β-unsaturated/α-hetero) is 1. The first-order valence-electron chi connectivity index (χ1n) is 6.72. The molecule has 1 aromatic carbocycles. The highest BCUT2D eigenvalue weighted by Gasteiger charge is 2.40. The second-order valence-electron chi connectivity index (χ2n) is 5.65. The molecule has 2 heterocycles. The fourth-order valence-electron chi connectivity index (χ4n) is 3.32. The van der Waals surface area contributed by atoms with E-state index in [1.54, 1.807) is 0 Å². The first kappa shape index (κ1) is 11.6. The summed E-state index contributed by atoms with van der Waals surface area (Å²) in [6.07, 6.45) is 3.82. The minimum atomic E-state index is 0.439. The van der Waals surface area contributed by atoms with Crippen molar-refractivity contribution in [2.24, 2.45) is 0 Å². The van der Waals surface area contributed by atoms with Crippen LogP contribution in [0.15, 0.2) is 24.3 Å². The molecule has 2 unspecified atom stereocenters. The Kier molecular flexibility index (Phi) is 2.77. The van der Waals surface area contributed by atoms with Gasteiger partial charge in [0.15, 0.2) is 0 Å². The Balaban J connectivity index is 1.91. The number of nitrogens with zero attached hydrogens (tertiary/aromatic N) is 2. The summed E-state index contributed by atoms with van der Waals surface area (Å²) >= 11 is 0. The molecule has 0 aliphatic carbocycles. The fourth-order valence-corrected chi connectivity index (χ4v) is 3.32. The minimum absolute atomic E-state index is 0.439. The molecule has 0 saturated carbocycles. The molecule has 2 bridgehead atoms. The normalized spacial score (nSPS) is 26.6. The van der Waals surface area contributed by atoms with Crippen LogP contribution in [0.2, 0.25) is 0 Å². The number of hydrogen-bond donors (Lipinski definition) is 0. The molecule has 3 heteroatoms. The van der Waals surface area contributed by atoms with Crippen LogP contribution in [0.4, 0.5) is 11.4 Å². The Morgan fingerprint density at radius 1 is 1.17 bits per heavy atom. The second kappa shape index (κ2) is 4.30. The van der Waals surface area contributed by atoms with Crippen molar-refractivity contribution in [3.8, 4) is 0 Å². The molecule has 2 fully saturated rings. The van der Waals surface area contributed by atoms with Gasteiger partial charge in [0.05, 0.1) is 0 Å². The van der Waals surface area contributed by atoms with Gasteiger partial charge in [-0.15, -0.1) is 0 Å². The third kappa shape index (κ3) is 1.88. The van der Waals surface area contributed by atoms with Gasteiger partial charge in [0, 0.05) is 50.4 Å². The van der Waals surface area contributed by atoms with Gasteiger partial charge >= 0.3 is 0 Å². The monoisotopic (exact) mass is 244 g/mol. The van der Waals surface area contributed by atoms with Crippen molar-refractivity contribution in [3.05, 3.63) is 24.3 Å². The van der Waals surface area contributed by atoms with E-state index >= 15 is 0 Å². The standard InChI is InChI=1S/C15H20N2O/c1-16(2)11-4-3-5-12(8-11)17-13-6-7-14(17)10-15(18)9-13/h3-5,8,13-14H,6-7,9-10H2,1-2H3. The molecule has 96 valence electrons. The van der Waals surface area contributed by atoms with Crippen LogP contribution in [0, 0.1) is 0 Å². The Morgan fingerprint density at radius 3 is 2.44 bits per heavy atom. The molecule has 0 N–H and O–H groups in total. The lowest BCUT2D eigenvalue weighted by molar-refractivity contribution is -0.120. The van der Waals surface area contributed by atoms with Gasteiger partial charge in [0.25, 0.3) is 0 Å². The zero-order valence-electron chi connectivity index (χ0n) is 11.1. The van der Waals surface area contributed by atoms with E-state index in [9.17, 15) is 4.79 Å². The molecular weight excluding hydrogens is 224 g/mol. The van der Waals surface area contributed by atoms with Crippen LogP contribution in [-0.2, 0) is 4.79 Å². The summed E-state index contributed by atoms with van der Waals surface area (Å²) in [6.45, 7) is 0. The highest BCUT2D eigenvalue weighted by molar-refractivity contribution is 5.83. The summed E-state index contributed by atoms with van der Waals surface area (Å²) in [5.41, 5.74) is 2.50. The largest absolute Gasteiger partial charge is 0.378 e. The topological polar surface area (TPSA) is 23.6 Å². The number of fused-ring (bicyclic) bond motifs is 2. The highest BCUT2D eigenvalue weighted by atomic mass is 16.1. The molecule has 2 aliphatic rings. The van der Waals surface area contributed by atoms with Crippen molar-refractivity contribution in [2.45, 2.75) is 37.8 Å². The zero-order valence-corrected chi connectivity index (χ0v) is 11.1. The lowest BCUT2D eigenvalue weighted by atomic mass is 10.0. The molecule has 3 rings (SSSR count). The van der Waals surface area contributed by atoms with E-state index < -0.39 is 0 Å². The van der Waals surface area contributed by atoms with E-state index in [1.807, 2.05) is 0 Å². The molecule has 0 spiro atoms. The Hall–Kier alpha value is -1.51. The second-order valence-corrected chi connectivity index (χ2v) is 5.65. The third-order valence-electron chi connectivity index (χ3n) is 4.19. The third-order valence-corrected chi connectivity index (χ3v) is 4.19. The van der Waals surface area contributed by atoms with Gasteiger partial charge in [0.1, 0.15) is 5.78 Å². The SMILES string of the molecule is CN(C)c1cccc(N2C3CCC2CC(=O)C3)c1. The number of benzene rings is 1. The van der Waals surface area contributed by atoms with Crippen LogP contribution in [0.5, 0.6) is 0 Å². The van der Waals surface area contributed by atoms with Crippen LogP contribution in [0.25, 0.3) is 0 Å². The maximum Gasteiger partial charge on any atom is 0.137 e. The van der Waals surface area contributed by atoms with Gasteiger partial charge in [-0.2, -0.15) is 0 Å². The van der Waals surface area contributed by atoms with Crippen molar-refractivity contribution < 1.29 is 4.79 Å². The maximum absolute atomic E-state index is 11.6. The van der Waals surface area contributed by atoms with Gasteiger partial charge in [-0.25, -0.2) is 0 Å². The predicted octanol–water partition coefficient (Wildman–Crippen LogP) is 2.45. The lowest BCUT2D eigenvalue weighted by Crippen LogP contribution is -2.43. The Bertz CT molecular complexity index is 453. The molecule has 0 amide bonds. The van der Waals surface area contributed by atoms with E-state index in [-0.39, 0.29) is 0 Å². The van der Waals surface area contributed by atoms with E-state index in [4.69, 9.17) is 0 Å². The van der Waals surface area contributed by atoms with Crippen LogP contribution in [0.1, 0.15) is 25.7 Å². The molecule has 0 radical (unpaired) electrons. The van der Waals surface area contributed by atoms with Crippen molar-refractivity contribution in [2.75, 3.05) is 23.9 Å². The average Bonchev–Trinajstić information content (AvgIpc) is 2.62. The van der Waals surface area contributed by atoms with E-state index in [1.165, 1.54) is 24.2 Å². The van der Waals surface area contributed by atoms with Gasteiger partial charge in [-0.3, -0.25) is 4.79 Å². The van der Waals surface area contributed by atoms with Crippen LogP contribution in [0.3, 0.4) is 0 Å². The van der Waals surface area contributed by atoms with E-state index in [0.29, 0.717) is 17.9 Å². The molecule has 2 atom stereocenters. The number of rotatable bonds is 2. The van der Waals surface area contributed by atoms with Gasteiger partial charge in [0.2, 0.25) is 0 Å². The summed E-state index contributed by atoms with van der Waals surface area (Å²) in [6, 6.07) is 9.53. The number of carbonyl (C=O) groups excluding carboxylic acids is 1. The zero-order chi connectivity index (χ0) is 12.7. The van der Waals surface area contributed by atoms with E-state index in [2.05, 4.69) is 48.2 Å². The van der Waals surface area contributed by atoms with Crippen molar-refractivity contribution >= 4 is 17.2 Å². The van der Waals surface area contributed by atoms with Crippen LogP contribution in [-0.4, -0.2) is 32.0 Å². The smallest absolute Gasteiger partial charge is 0.137 e. The van der Waals surface area contributed by atoms with Crippen molar-refractivity contribution in [1.82, 2.24) is 0 Å². The summed E-state index contributed by atoms with van der Waals surface area (Å²) < 4.78 is 0. The number of anilines is 2. The Morgan fingerprint density at radius 2 is 1.83 bits per heavy atom. The van der Waals surface area contributed by atoms with E-state index in [0.717, 1.165) is 12.8 Å². The molecule has 0 aromatic heterocycles. The molecule has 3 nitrogen and oxygen atoms in total. The summed E-state index contributed by atoms with van der Waals surface area (Å²) in [5, 5.41) is 0. The summed E-state index contributed by atoms with van der Waals surface area (Å²) in [4.78, 5) is 16.2. The summed E-state index contributed by atoms with van der Waals surface area (Å²) in [7, 11) is 4.13. The van der Waals surface area contributed by atoms with Gasteiger partial charge in [-0.05, 0) is 31.0 Å². The first-order valence-corrected chi connectivity index (χ1v) is 6.72. The molecular formula is C15H20N2O. The number of carbonyl (C=O) groups is 1. The first-order chi connectivity index (χ1) is 8.65. The van der Waals surface area contributed by atoms with Crippen LogP contribution < -0.4 is 9.80 Å². The van der Waals surface area contributed by atoms with Gasteiger partial charge in [-0.1, -0.05) is 6.07 Å². The average molecular weight is 244 g/mol.